The van der Waals surface area contributed by atoms with Gasteiger partial charge in [0.1, 0.15) is 23.0 Å². The summed E-state index contributed by atoms with van der Waals surface area (Å²) in [6, 6.07) is 7.67. The molecule has 28 heavy (non-hydrogen) atoms. The smallest absolute Gasteiger partial charge is 0.343 e. The third-order valence-electron chi connectivity index (χ3n) is 4.20. The number of nitro groups is 1. The fourth-order valence-corrected chi connectivity index (χ4v) is 3.10. The molecule has 0 spiro atoms. The number of nitro benzene ring substituents is 1. The van der Waals surface area contributed by atoms with Crippen LogP contribution < -0.4 is 11.3 Å². The zero-order valence-corrected chi connectivity index (χ0v) is 14.8. The van der Waals surface area contributed by atoms with E-state index in [0.717, 1.165) is 12.1 Å². The molecule has 3 rings (SSSR count). The third kappa shape index (κ3) is 3.25. The van der Waals surface area contributed by atoms with Crippen LogP contribution in [0.3, 0.4) is 0 Å². The molecule has 0 atom stereocenters. The maximum Gasteiger partial charge on any atom is 0.343 e. The average molecular weight is 385 g/mol. The van der Waals surface area contributed by atoms with Crippen molar-refractivity contribution in [1.29, 1.82) is 0 Å². The van der Waals surface area contributed by atoms with Gasteiger partial charge < -0.3 is 19.0 Å². The van der Waals surface area contributed by atoms with Gasteiger partial charge in [-0.1, -0.05) is 18.2 Å². The number of aryl methyl sites for hydroxylation is 2. The molecule has 0 aliphatic rings. The van der Waals surface area contributed by atoms with Crippen molar-refractivity contribution in [1.82, 2.24) is 0 Å². The summed E-state index contributed by atoms with van der Waals surface area (Å²) in [5, 5.41) is 32.3. The first-order valence-corrected chi connectivity index (χ1v) is 8.11. The lowest BCUT2D eigenvalue weighted by Gasteiger charge is -2.18. The Morgan fingerprint density at radius 1 is 0.929 bits per heavy atom. The highest BCUT2D eigenvalue weighted by Crippen LogP contribution is 2.40. The maximum atomic E-state index is 12.5. The van der Waals surface area contributed by atoms with Crippen LogP contribution in [0.4, 0.5) is 5.69 Å². The van der Waals surface area contributed by atoms with E-state index in [1.807, 2.05) is 0 Å². The molecule has 9 nitrogen and oxygen atoms in total. The predicted octanol–water partition coefficient (Wildman–Crippen LogP) is 2.71. The minimum Gasteiger partial charge on any atom is -0.507 e. The van der Waals surface area contributed by atoms with E-state index in [-0.39, 0.29) is 17.1 Å². The summed E-state index contributed by atoms with van der Waals surface area (Å²) in [5.41, 5.74) is -3.35. The zero-order valence-electron chi connectivity index (χ0n) is 14.8. The molecule has 0 aliphatic carbocycles. The maximum absolute atomic E-state index is 12.5. The molecule has 0 saturated heterocycles. The molecule has 0 radical (unpaired) electrons. The second-order valence-electron chi connectivity index (χ2n) is 6.14. The van der Waals surface area contributed by atoms with Crippen molar-refractivity contribution in [2.24, 2.45) is 0 Å². The number of hydrogen-bond donors (Lipinski definition) is 2. The number of hydrogen-bond acceptors (Lipinski definition) is 8. The molecule has 0 amide bonds. The van der Waals surface area contributed by atoms with Crippen molar-refractivity contribution in [2.45, 2.75) is 19.8 Å². The fourth-order valence-electron chi connectivity index (χ4n) is 3.10. The average Bonchev–Trinajstić information content (AvgIpc) is 2.58. The minimum absolute atomic E-state index is 0.0922. The van der Waals surface area contributed by atoms with Crippen LogP contribution >= 0.6 is 0 Å². The van der Waals surface area contributed by atoms with Gasteiger partial charge in [-0.3, -0.25) is 10.1 Å². The van der Waals surface area contributed by atoms with Crippen molar-refractivity contribution in [3.05, 3.63) is 95.6 Å². The van der Waals surface area contributed by atoms with Gasteiger partial charge in [0.15, 0.2) is 0 Å². The molecule has 0 unspecified atom stereocenters. The van der Waals surface area contributed by atoms with Crippen LogP contribution in [0.15, 0.2) is 54.8 Å². The minimum atomic E-state index is -1.49. The van der Waals surface area contributed by atoms with Crippen LogP contribution in [0.25, 0.3) is 0 Å². The van der Waals surface area contributed by atoms with E-state index in [9.17, 15) is 29.9 Å². The number of nitrogens with zero attached hydrogens (tertiary/aromatic N) is 1. The summed E-state index contributed by atoms with van der Waals surface area (Å²) < 4.78 is 10.0. The molecule has 2 heterocycles. The number of para-hydroxylation sites is 1. The second-order valence-corrected chi connectivity index (χ2v) is 6.14. The molecular weight excluding hydrogens is 370 g/mol. The standard InChI is InChI=1S/C19H15NO8/c1-9-7-13(21)16(18(23)27-9)15(11-5-3-4-6-12(11)20(25)26)17-14(22)8-10(2)28-19(17)24/h3-8,15,21-22H,1-2H3. The molecule has 2 N–H and O–H groups in total. The van der Waals surface area contributed by atoms with E-state index >= 15 is 0 Å². The molecule has 0 aliphatic heterocycles. The summed E-state index contributed by atoms with van der Waals surface area (Å²) in [6.45, 7) is 2.87. The lowest BCUT2D eigenvalue weighted by Crippen LogP contribution is -2.22. The van der Waals surface area contributed by atoms with Crippen molar-refractivity contribution < 1.29 is 24.0 Å². The molecule has 0 bridgehead atoms. The Morgan fingerprint density at radius 3 is 1.82 bits per heavy atom. The van der Waals surface area contributed by atoms with Crippen LogP contribution in [0.1, 0.15) is 34.1 Å². The lowest BCUT2D eigenvalue weighted by molar-refractivity contribution is -0.385. The van der Waals surface area contributed by atoms with Gasteiger partial charge in [-0.15, -0.1) is 0 Å². The quantitative estimate of drug-likeness (QED) is 0.515. The molecule has 9 heteroatoms. The van der Waals surface area contributed by atoms with E-state index in [4.69, 9.17) is 8.83 Å². The molecule has 3 aromatic rings. The van der Waals surface area contributed by atoms with Gasteiger partial charge >= 0.3 is 11.3 Å². The molecule has 0 fully saturated rings. The van der Waals surface area contributed by atoms with E-state index in [0.29, 0.717) is 0 Å². The van der Waals surface area contributed by atoms with E-state index in [1.54, 1.807) is 0 Å². The number of benzene rings is 1. The van der Waals surface area contributed by atoms with Gasteiger partial charge in [0.2, 0.25) is 0 Å². The van der Waals surface area contributed by atoms with Gasteiger partial charge in [-0.05, 0) is 13.8 Å². The third-order valence-corrected chi connectivity index (χ3v) is 4.20. The van der Waals surface area contributed by atoms with Crippen molar-refractivity contribution in [3.8, 4) is 11.5 Å². The first-order valence-electron chi connectivity index (χ1n) is 8.11. The molecule has 0 saturated carbocycles. The highest BCUT2D eigenvalue weighted by Gasteiger charge is 2.34. The molecule has 144 valence electrons. The zero-order chi connectivity index (χ0) is 20.6. The number of rotatable bonds is 4. The molecule has 1 aromatic carbocycles. The summed E-state index contributed by atoms with van der Waals surface area (Å²) in [4.78, 5) is 35.8. The van der Waals surface area contributed by atoms with Crippen LogP contribution in [-0.4, -0.2) is 15.1 Å². The Morgan fingerprint density at radius 2 is 1.39 bits per heavy atom. The van der Waals surface area contributed by atoms with Gasteiger partial charge in [0.25, 0.3) is 5.69 Å². The molecular formula is C19H15NO8. The summed E-state index contributed by atoms with van der Waals surface area (Å²) in [5.74, 6) is -2.34. The van der Waals surface area contributed by atoms with Crippen LogP contribution in [0, 0.1) is 24.0 Å². The first kappa shape index (κ1) is 18.9. The predicted molar refractivity (Wildman–Crippen MR) is 96.8 cm³/mol. The van der Waals surface area contributed by atoms with Gasteiger partial charge in [-0.2, -0.15) is 0 Å². The Balaban J connectivity index is 2.47. The largest absolute Gasteiger partial charge is 0.507 e. The first-order chi connectivity index (χ1) is 13.2. The summed E-state index contributed by atoms with van der Waals surface area (Å²) >= 11 is 0. The Hall–Kier alpha value is -3.88. The van der Waals surface area contributed by atoms with Gasteiger partial charge in [0, 0.05) is 23.8 Å². The monoisotopic (exact) mass is 385 g/mol. The normalized spacial score (nSPS) is 11.0. The molecule has 2 aromatic heterocycles. The highest BCUT2D eigenvalue weighted by atomic mass is 16.6. The van der Waals surface area contributed by atoms with Crippen LogP contribution in [-0.2, 0) is 0 Å². The highest BCUT2D eigenvalue weighted by molar-refractivity contribution is 5.56. The van der Waals surface area contributed by atoms with Crippen molar-refractivity contribution in [3.63, 3.8) is 0 Å². The van der Waals surface area contributed by atoms with Crippen LogP contribution in [0.2, 0.25) is 0 Å². The number of aromatic hydroxyl groups is 2. The Labute approximate surface area is 157 Å². The topological polar surface area (TPSA) is 144 Å². The second kappa shape index (κ2) is 7.03. The Kier molecular flexibility index (Phi) is 4.74. The lowest BCUT2D eigenvalue weighted by atomic mass is 9.84. The van der Waals surface area contributed by atoms with E-state index < -0.39 is 50.4 Å². The SMILES string of the molecule is Cc1cc(O)c(C(c2ccccc2[N+](=O)[O-])c2c(O)cc(C)oc2=O)c(=O)o1. The summed E-state index contributed by atoms with van der Waals surface area (Å²) in [7, 11) is 0. The Bertz CT molecular complexity index is 1130. The summed E-state index contributed by atoms with van der Waals surface area (Å²) in [6.07, 6.45) is 0. The van der Waals surface area contributed by atoms with Crippen molar-refractivity contribution >= 4 is 5.69 Å². The van der Waals surface area contributed by atoms with E-state index in [2.05, 4.69) is 0 Å². The fraction of sp³-hybridized carbons (Fsp3) is 0.158. The van der Waals surface area contributed by atoms with Crippen LogP contribution in [0.5, 0.6) is 11.5 Å². The van der Waals surface area contributed by atoms with E-state index in [1.165, 1.54) is 38.1 Å². The van der Waals surface area contributed by atoms with Gasteiger partial charge in [0.05, 0.1) is 22.0 Å². The van der Waals surface area contributed by atoms with Crippen molar-refractivity contribution in [2.75, 3.05) is 0 Å². The van der Waals surface area contributed by atoms with Gasteiger partial charge in [-0.25, -0.2) is 9.59 Å².